The van der Waals surface area contributed by atoms with Crippen molar-refractivity contribution in [3.05, 3.63) is 41.9 Å². The van der Waals surface area contributed by atoms with Crippen LogP contribution in [0.15, 0.2) is 34.9 Å². The molecule has 21 heavy (non-hydrogen) atoms. The Hall–Kier alpha value is -1.85. The van der Waals surface area contributed by atoms with Gasteiger partial charge in [-0.05, 0) is 29.8 Å². The van der Waals surface area contributed by atoms with Gasteiger partial charge < -0.3 is 23.9 Å². The van der Waals surface area contributed by atoms with E-state index in [2.05, 4.69) is 5.32 Å². The Labute approximate surface area is 130 Å². The molecule has 0 aliphatic carbocycles. The number of hydrogen-bond donors (Lipinski definition) is 1. The van der Waals surface area contributed by atoms with E-state index < -0.39 is 0 Å². The van der Waals surface area contributed by atoms with Crippen molar-refractivity contribution < 1.29 is 18.6 Å². The van der Waals surface area contributed by atoms with Gasteiger partial charge in [0, 0.05) is 6.54 Å². The van der Waals surface area contributed by atoms with Gasteiger partial charge in [0.2, 0.25) is 5.75 Å². The van der Waals surface area contributed by atoms with E-state index in [0.717, 1.165) is 11.3 Å². The summed E-state index contributed by atoms with van der Waals surface area (Å²) in [5.74, 6) is 2.81. The van der Waals surface area contributed by atoms with Gasteiger partial charge in [-0.25, -0.2) is 0 Å². The van der Waals surface area contributed by atoms with Gasteiger partial charge in [-0.2, -0.15) is 0 Å². The lowest BCUT2D eigenvalue weighted by atomic mass is 10.1. The van der Waals surface area contributed by atoms with Crippen LogP contribution in [-0.2, 0) is 13.1 Å². The van der Waals surface area contributed by atoms with Crippen LogP contribution >= 0.6 is 12.4 Å². The van der Waals surface area contributed by atoms with E-state index in [9.17, 15) is 0 Å². The maximum atomic E-state index is 5.32. The number of methoxy groups -OCH3 is 3. The number of benzene rings is 1. The monoisotopic (exact) mass is 313 g/mol. The second-order valence-corrected chi connectivity index (χ2v) is 4.22. The van der Waals surface area contributed by atoms with Crippen LogP contribution in [0.1, 0.15) is 11.3 Å². The largest absolute Gasteiger partial charge is 0.493 e. The van der Waals surface area contributed by atoms with E-state index in [4.69, 9.17) is 18.6 Å². The number of halogens is 1. The zero-order valence-corrected chi connectivity index (χ0v) is 13.2. The number of furan rings is 1. The summed E-state index contributed by atoms with van der Waals surface area (Å²) in [6.07, 6.45) is 1.66. The second-order valence-electron chi connectivity index (χ2n) is 4.22. The van der Waals surface area contributed by atoms with Crippen molar-refractivity contribution in [2.45, 2.75) is 13.1 Å². The quantitative estimate of drug-likeness (QED) is 0.851. The highest BCUT2D eigenvalue weighted by Crippen LogP contribution is 2.38. The van der Waals surface area contributed by atoms with Gasteiger partial charge in [0.05, 0.1) is 34.1 Å². The molecule has 0 aliphatic heterocycles. The van der Waals surface area contributed by atoms with Crippen molar-refractivity contribution in [3.8, 4) is 17.2 Å². The number of hydrogen-bond acceptors (Lipinski definition) is 5. The van der Waals surface area contributed by atoms with Gasteiger partial charge in [0.25, 0.3) is 0 Å². The van der Waals surface area contributed by atoms with Crippen molar-refractivity contribution in [3.63, 3.8) is 0 Å². The van der Waals surface area contributed by atoms with Gasteiger partial charge in [-0.3, -0.25) is 0 Å². The van der Waals surface area contributed by atoms with E-state index >= 15 is 0 Å². The first-order valence-corrected chi connectivity index (χ1v) is 6.30. The van der Waals surface area contributed by atoms with Crippen LogP contribution in [-0.4, -0.2) is 21.3 Å². The minimum atomic E-state index is 0. The Morgan fingerprint density at radius 2 is 1.67 bits per heavy atom. The van der Waals surface area contributed by atoms with Crippen molar-refractivity contribution in [1.29, 1.82) is 0 Å². The molecule has 0 atom stereocenters. The van der Waals surface area contributed by atoms with Crippen LogP contribution in [0.5, 0.6) is 17.2 Å². The highest BCUT2D eigenvalue weighted by molar-refractivity contribution is 5.85. The third-order valence-corrected chi connectivity index (χ3v) is 2.93. The number of nitrogens with one attached hydrogen (secondary N) is 1. The lowest BCUT2D eigenvalue weighted by molar-refractivity contribution is 0.323. The Morgan fingerprint density at radius 1 is 1.00 bits per heavy atom. The zero-order chi connectivity index (χ0) is 14.4. The van der Waals surface area contributed by atoms with Crippen molar-refractivity contribution in [1.82, 2.24) is 5.32 Å². The second kappa shape index (κ2) is 8.44. The summed E-state index contributed by atoms with van der Waals surface area (Å²) in [6, 6.07) is 7.66. The van der Waals surface area contributed by atoms with Crippen LogP contribution in [0, 0.1) is 0 Å². The van der Waals surface area contributed by atoms with E-state index in [0.29, 0.717) is 30.3 Å². The van der Waals surface area contributed by atoms with Gasteiger partial charge >= 0.3 is 0 Å². The fraction of sp³-hybridized carbons (Fsp3) is 0.333. The Kier molecular flexibility index (Phi) is 6.91. The molecule has 1 aromatic heterocycles. The molecule has 0 spiro atoms. The maximum Gasteiger partial charge on any atom is 0.203 e. The number of rotatable bonds is 7. The topological polar surface area (TPSA) is 52.9 Å². The normalized spacial score (nSPS) is 9.86. The minimum Gasteiger partial charge on any atom is -0.493 e. The zero-order valence-electron chi connectivity index (χ0n) is 12.3. The molecule has 0 amide bonds. The van der Waals surface area contributed by atoms with Gasteiger partial charge in [-0.1, -0.05) is 0 Å². The molecular weight excluding hydrogens is 294 g/mol. The summed E-state index contributed by atoms with van der Waals surface area (Å²) < 4.78 is 21.2. The van der Waals surface area contributed by atoms with Crippen LogP contribution in [0.3, 0.4) is 0 Å². The first-order valence-electron chi connectivity index (χ1n) is 6.30. The predicted molar refractivity (Wildman–Crippen MR) is 82.6 cm³/mol. The van der Waals surface area contributed by atoms with Crippen molar-refractivity contribution >= 4 is 12.4 Å². The molecule has 1 N–H and O–H groups in total. The molecular formula is C15H20ClNO4. The predicted octanol–water partition coefficient (Wildman–Crippen LogP) is 3.02. The summed E-state index contributed by atoms with van der Waals surface area (Å²) in [5, 5.41) is 3.30. The summed E-state index contributed by atoms with van der Waals surface area (Å²) in [7, 11) is 4.81. The lowest BCUT2D eigenvalue weighted by Crippen LogP contribution is -2.12. The van der Waals surface area contributed by atoms with Crippen LogP contribution in [0.25, 0.3) is 0 Å². The summed E-state index contributed by atoms with van der Waals surface area (Å²) in [6.45, 7) is 1.35. The highest BCUT2D eigenvalue weighted by atomic mass is 35.5. The van der Waals surface area contributed by atoms with Gasteiger partial charge in [-0.15, -0.1) is 12.4 Å². The molecule has 0 bridgehead atoms. The van der Waals surface area contributed by atoms with Gasteiger partial charge in [0.15, 0.2) is 11.5 Å². The maximum absolute atomic E-state index is 5.32. The number of ether oxygens (including phenoxy) is 3. The fourth-order valence-corrected chi connectivity index (χ4v) is 1.98. The molecule has 0 saturated heterocycles. The van der Waals surface area contributed by atoms with E-state index in [1.54, 1.807) is 27.6 Å². The fourth-order valence-electron chi connectivity index (χ4n) is 1.98. The molecule has 0 fully saturated rings. The molecule has 2 aromatic rings. The molecule has 0 aliphatic rings. The van der Waals surface area contributed by atoms with E-state index in [1.165, 1.54) is 0 Å². The molecule has 2 rings (SSSR count). The third-order valence-electron chi connectivity index (χ3n) is 2.93. The minimum absolute atomic E-state index is 0. The Morgan fingerprint density at radius 3 is 2.14 bits per heavy atom. The third kappa shape index (κ3) is 4.31. The van der Waals surface area contributed by atoms with Crippen LogP contribution in [0.4, 0.5) is 0 Å². The standard InChI is InChI=1S/C15H19NO4.ClH/c1-17-13-7-11(8-14(18-2)15(13)19-3)9-16-10-12-5-4-6-20-12;/h4-8,16H,9-10H2,1-3H3;1H. The summed E-state index contributed by atoms with van der Waals surface area (Å²) in [4.78, 5) is 0. The SMILES string of the molecule is COc1cc(CNCc2ccco2)cc(OC)c1OC.Cl. The molecule has 1 heterocycles. The Balaban J connectivity index is 0.00000220. The first-order chi connectivity index (χ1) is 9.78. The molecule has 0 saturated carbocycles. The molecule has 5 nitrogen and oxygen atoms in total. The highest BCUT2D eigenvalue weighted by Gasteiger charge is 2.12. The van der Waals surface area contributed by atoms with E-state index in [1.807, 2.05) is 24.3 Å². The molecule has 116 valence electrons. The van der Waals surface area contributed by atoms with E-state index in [-0.39, 0.29) is 12.4 Å². The van der Waals surface area contributed by atoms with Crippen molar-refractivity contribution in [2.75, 3.05) is 21.3 Å². The lowest BCUT2D eigenvalue weighted by Gasteiger charge is -2.14. The molecule has 6 heteroatoms. The first kappa shape index (κ1) is 17.2. The van der Waals surface area contributed by atoms with Crippen LogP contribution in [0.2, 0.25) is 0 Å². The summed E-state index contributed by atoms with van der Waals surface area (Å²) in [5.41, 5.74) is 1.05. The molecule has 1 aromatic carbocycles. The molecule has 0 unspecified atom stereocenters. The smallest absolute Gasteiger partial charge is 0.203 e. The van der Waals surface area contributed by atoms with Gasteiger partial charge in [0.1, 0.15) is 5.76 Å². The average Bonchev–Trinajstić information content (AvgIpc) is 2.99. The average molecular weight is 314 g/mol. The van der Waals surface area contributed by atoms with Crippen LogP contribution < -0.4 is 19.5 Å². The molecule has 0 radical (unpaired) electrons. The van der Waals surface area contributed by atoms with Crippen molar-refractivity contribution in [2.24, 2.45) is 0 Å². The summed E-state index contributed by atoms with van der Waals surface area (Å²) >= 11 is 0. The Bertz CT molecular complexity index is 518.